The molecule has 1 saturated heterocycles. The standard InChI is InChI=1S/C22H23ClN4O/c1-17-15-19(24-16-26-12-3-2-4-13-26)7-10-21(17)28-22-11-14-27(25-22)20-8-5-18(23)6-9-20/h5-11,14-16H,2-4,12-13H2,1H3/b24-16+. The zero-order valence-electron chi connectivity index (χ0n) is 15.9. The first-order chi connectivity index (χ1) is 13.7. The van der Waals surface area contributed by atoms with Crippen LogP contribution in [-0.4, -0.2) is 34.1 Å². The largest absolute Gasteiger partial charge is 0.437 e. The monoisotopic (exact) mass is 394 g/mol. The molecule has 1 aliphatic rings. The highest BCUT2D eigenvalue weighted by atomic mass is 35.5. The molecule has 0 unspecified atom stereocenters. The van der Waals surface area contributed by atoms with Crippen LogP contribution in [0.25, 0.3) is 5.69 Å². The van der Waals surface area contributed by atoms with E-state index in [0.717, 1.165) is 35.8 Å². The lowest BCUT2D eigenvalue weighted by molar-refractivity contribution is 0.351. The van der Waals surface area contributed by atoms with Crippen molar-refractivity contribution < 1.29 is 4.74 Å². The zero-order valence-corrected chi connectivity index (χ0v) is 16.6. The predicted molar refractivity (Wildman–Crippen MR) is 113 cm³/mol. The summed E-state index contributed by atoms with van der Waals surface area (Å²) >= 11 is 5.94. The van der Waals surface area contributed by atoms with Crippen LogP contribution in [0, 0.1) is 6.92 Å². The summed E-state index contributed by atoms with van der Waals surface area (Å²) in [5, 5.41) is 5.18. The average molecular weight is 395 g/mol. The molecule has 3 aromatic rings. The second kappa shape index (κ2) is 8.48. The number of hydrogen-bond acceptors (Lipinski definition) is 3. The van der Waals surface area contributed by atoms with E-state index < -0.39 is 0 Å². The molecular formula is C22H23ClN4O. The Morgan fingerprint density at radius 1 is 1.04 bits per heavy atom. The van der Waals surface area contributed by atoms with Crippen molar-refractivity contribution in [2.45, 2.75) is 26.2 Å². The third-order valence-corrected chi connectivity index (χ3v) is 5.04. The van der Waals surface area contributed by atoms with Crippen molar-refractivity contribution in [1.82, 2.24) is 14.7 Å². The van der Waals surface area contributed by atoms with Crippen LogP contribution in [0.2, 0.25) is 5.02 Å². The van der Waals surface area contributed by atoms with E-state index in [-0.39, 0.29) is 0 Å². The van der Waals surface area contributed by atoms with Gasteiger partial charge in [-0.3, -0.25) is 0 Å². The van der Waals surface area contributed by atoms with E-state index in [1.807, 2.05) is 68.0 Å². The number of hydrogen-bond donors (Lipinski definition) is 0. The molecular weight excluding hydrogens is 372 g/mol. The Kier molecular flexibility index (Phi) is 5.63. The fourth-order valence-corrected chi connectivity index (χ4v) is 3.35. The van der Waals surface area contributed by atoms with Crippen molar-refractivity contribution in [3.63, 3.8) is 0 Å². The minimum atomic E-state index is 0.544. The van der Waals surface area contributed by atoms with Gasteiger partial charge in [0, 0.05) is 30.4 Å². The number of halogens is 1. The Bertz CT molecular complexity index is 959. The number of piperidine rings is 1. The normalized spacial score (nSPS) is 14.6. The van der Waals surface area contributed by atoms with Gasteiger partial charge >= 0.3 is 0 Å². The fraction of sp³-hybridized carbons (Fsp3) is 0.273. The highest BCUT2D eigenvalue weighted by molar-refractivity contribution is 6.30. The first-order valence-corrected chi connectivity index (χ1v) is 9.93. The first-order valence-electron chi connectivity index (χ1n) is 9.56. The van der Waals surface area contributed by atoms with E-state index in [1.54, 1.807) is 4.68 Å². The number of rotatable bonds is 5. The second-order valence-corrected chi connectivity index (χ2v) is 7.40. The van der Waals surface area contributed by atoms with Gasteiger partial charge in [0.15, 0.2) is 0 Å². The number of aryl methyl sites for hydroxylation is 1. The molecule has 2 aromatic carbocycles. The Labute approximate surface area is 170 Å². The minimum Gasteiger partial charge on any atom is -0.437 e. The number of aromatic nitrogens is 2. The molecule has 28 heavy (non-hydrogen) atoms. The zero-order chi connectivity index (χ0) is 19.3. The molecule has 1 aliphatic heterocycles. The molecule has 0 radical (unpaired) electrons. The van der Waals surface area contributed by atoms with Crippen molar-refractivity contribution in [1.29, 1.82) is 0 Å². The van der Waals surface area contributed by atoms with Crippen LogP contribution in [0.5, 0.6) is 11.6 Å². The number of likely N-dealkylation sites (tertiary alicyclic amines) is 1. The van der Waals surface area contributed by atoms with Gasteiger partial charge in [-0.2, -0.15) is 0 Å². The molecule has 0 spiro atoms. The quantitative estimate of drug-likeness (QED) is 0.407. The summed E-state index contributed by atoms with van der Waals surface area (Å²) < 4.78 is 7.73. The molecule has 0 aliphatic carbocycles. The van der Waals surface area contributed by atoms with Crippen molar-refractivity contribution in [2.75, 3.05) is 13.1 Å². The highest BCUT2D eigenvalue weighted by Gasteiger charge is 2.08. The summed E-state index contributed by atoms with van der Waals surface area (Å²) in [5.74, 6) is 1.32. The van der Waals surface area contributed by atoms with Crippen LogP contribution in [0.3, 0.4) is 0 Å². The SMILES string of the molecule is Cc1cc(/N=C/N2CCCCC2)ccc1Oc1ccn(-c2ccc(Cl)cc2)n1. The van der Waals surface area contributed by atoms with Gasteiger partial charge in [0.05, 0.1) is 17.7 Å². The Morgan fingerprint density at radius 3 is 2.57 bits per heavy atom. The number of nitrogens with zero attached hydrogens (tertiary/aromatic N) is 4. The van der Waals surface area contributed by atoms with Crippen LogP contribution in [0.1, 0.15) is 24.8 Å². The Balaban J connectivity index is 1.43. The molecule has 0 bridgehead atoms. The molecule has 6 heteroatoms. The summed E-state index contributed by atoms with van der Waals surface area (Å²) in [6.45, 7) is 4.21. The smallest absolute Gasteiger partial charge is 0.238 e. The van der Waals surface area contributed by atoms with E-state index in [1.165, 1.54) is 19.3 Å². The first kappa shape index (κ1) is 18.6. The maximum absolute atomic E-state index is 5.96. The summed E-state index contributed by atoms with van der Waals surface area (Å²) in [5.41, 5.74) is 2.88. The van der Waals surface area contributed by atoms with Crippen LogP contribution in [0.15, 0.2) is 59.7 Å². The van der Waals surface area contributed by atoms with Gasteiger partial charge in [0.1, 0.15) is 5.75 Å². The van der Waals surface area contributed by atoms with Crippen molar-refractivity contribution in [3.05, 3.63) is 65.3 Å². The highest BCUT2D eigenvalue weighted by Crippen LogP contribution is 2.28. The number of ether oxygens (including phenoxy) is 1. The van der Waals surface area contributed by atoms with E-state index >= 15 is 0 Å². The molecule has 0 saturated carbocycles. The van der Waals surface area contributed by atoms with Gasteiger partial charge in [0.2, 0.25) is 5.88 Å². The van der Waals surface area contributed by atoms with Gasteiger partial charge < -0.3 is 9.64 Å². The Hall–Kier alpha value is -2.79. The van der Waals surface area contributed by atoms with Gasteiger partial charge in [-0.15, -0.1) is 5.10 Å². The van der Waals surface area contributed by atoms with Crippen molar-refractivity contribution in [3.8, 4) is 17.3 Å². The molecule has 1 aromatic heterocycles. The fourth-order valence-electron chi connectivity index (χ4n) is 3.22. The maximum atomic E-state index is 5.96. The lowest BCUT2D eigenvalue weighted by Crippen LogP contribution is -2.27. The molecule has 0 amide bonds. The van der Waals surface area contributed by atoms with E-state index in [9.17, 15) is 0 Å². The molecule has 5 nitrogen and oxygen atoms in total. The topological polar surface area (TPSA) is 42.6 Å². The van der Waals surface area contributed by atoms with Gasteiger partial charge in [-0.05, 0) is 74.2 Å². The molecule has 0 N–H and O–H groups in total. The number of benzene rings is 2. The van der Waals surface area contributed by atoms with Crippen LogP contribution in [-0.2, 0) is 0 Å². The third-order valence-electron chi connectivity index (χ3n) is 4.79. The summed E-state index contributed by atoms with van der Waals surface area (Å²) in [4.78, 5) is 6.89. The summed E-state index contributed by atoms with van der Waals surface area (Å²) in [7, 11) is 0. The van der Waals surface area contributed by atoms with E-state index in [4.69, 9.17) is 16.3 Å². The number of aliphatic imine (C=N–C) groups is 1. The van der Waals surface area contributed by atoms with Crippen LogP contribution >= 0.6 is 11.6 Å². The van der Waals surface area contributed by atoms with Gasteiger partial charge in [-0.1, -0.05) is 11.6 Å². The van der Waals surface area contributed by atoms with Crippen molar-refractivity contribution >= 4 is 23.6 Å². The molecule has 2 heterocycles. The lowest BCUT2D eigenvalue weighted by Gasteiger charge is -2.23. The van der Waals surface area contributed by atoms with E-state index in [2.05, 4.69) is 15.0 Å². The van der Waals surface area contributed by atoms with E-state index in [0.29, 0.717) is 10.9 Å². The summed E-state index contributed by atoms with van der Waals surface area (Å²) in [6.07, 6.45) is 7.65. The van der Waals surface area contributed by atoms with Crippen molar-refractivity contribution in [2.24, 2.45) is 4.99 Å². The molecule has 1 fully saturated rings. The molecule has 144 valence electrons. The van der Waals surface area contributed by atoms with Gasteiger partial charge in [-0.25, -0.2) is 9.67 Å². The Morgan fingerprint density at radius 2 is 1.82 bits per heavy atom. The third kappa shape index (κ3) is 4.54. The maximum Gasteiger partial charge on any atom is 0.238 e. The van der Waals surface area contributed by atoms with Crippen LogP contribution in [0.4, 0.5) is 5.69 Å². The lowest BCUT2D eigenvalue weighted by atomic mass is 10.1. The molecule has 4 rings (SSSR count). The second-order valence-electron chi connectivity index (χ2n) is 6.97. The predicted octanol–water partition coefficient (Wildman–Crippen LogP) is 5.77. The van der Waals surface area contributed by atoms with Gasteiger partial charge in [0.25, 0.3) is 0 Å². The van der Waals surface area contributed by atoms with Crippen LogP contribution < -0.4 is 4.74 Å². The minimum absolute atomic E-state index is 0.544. The molecule has 0 atom stereocenters. The summed E-state index contributed by atoms with van der Waals surface area (Å²) in [6, 6.07) is 15.3. The average Bonchev–Trinajstić information content (AvgIpc) is 3.18.